The molecule has 0 saturated carbocycles. The number of nitrogens with one attached hydrogen (secondary N) is 2. The number of nitrogens with zero attached hydrogens (tertiary/aromatic N) is 1. The van der Waals surface area contributed by atoms with Gasteiger partial charge in [-0.05, 0) is 32.4 Å². The van der Waals surface area contributed by atoms with Crippen molar-refractivity contribution in [3.63, 3.8) is 0 Å². The molecule has 1 aromatic carbocycles. The zero-order chi connectivity index (χ0) is 18.4. The number of hydrogen-bond acceptors (Lipinski definition) is 3. The highest BCUT2D eigenvalue weighted by Gasteiger charge is 2.14. The van der Waals surface area contributed by atoms with Crippen LogP contribution in [0.3, 0.4) is 0 Å². The summed E-state index contributed by atoms with van der Waals surface area (Å²) in [6.45, 7) is 8.66. The molecule has 0 aliphatic carbocycles. The molecule has 1 heterocycles. The average Bonchev–Trinajstić information content (AvgIpc) is 2.94. The second-order valence-corrected chi connectivity index (χ2v) is 5.84. The lowest BCUT2D eigenvalue weighted by atomic mass is 10.1. The maximum Gasteiger partial charge on any atom is 0.253 e. The molecular weight excluding hydrogens is 321 g/mol. The lowest BCUT2D eigenvalue weighted by Crippen LogP contribution is -2.30. The highest BCUT2D eigenvalue weighted by atomic mass is 19.1. The monoisotopic (exact) mass is 343 g/mol. The molecule has 0 spiro atoms. The van der Waals surface area contributed by atoms with E-state index in [9.17, 15) is 9.18 Å². The predicted octanol–water partition coefficient (Wildman–Crippen LogP) is 4.18. The summed E-state index contributed by atoms with van der Waals surface area (Å²) in [5, 5.41) is 2.85. The van der Waals surface area contributed by atoms with Crippen molar-refractivity contribution in [1.29, 1.82) is 0 Å². The van der Waals surface area contributed by atoms with Crippen LogP contribution in [0, 0.1) is 6.92 Å². The molecule has 5 nitrogen and oxygen atoms in total. The average molecular weight is 343 g/mol. The number of aliphatic imine (C=N–C) groups is 1. The summed E-state index contributed by atoms with van der Waals surface area (Å²) < 4.78 is 17.4. The number of para-hydroxylation sites is 1. The van der Waals surface area contributed by atoms with Crippen LogP contribution in [0.25, 0.3) is 5.57 Å². The van der Waals surface area contributed by atoms with E-state index in [-0.39, 0.29) is 11.9 Å². The van der Waals surface area contributed by atoms with Crippen LogP contribution in [0.2, 0.25) is 0 Å². The van der Waals surface area contributed by atoms with Gasteiger partial charge in [-0.2, -0.15) is 0 Å². The number of allylic oxidation sites excluding steroid dienone is 1. The zero-order valence-electron chi connectivity index (χ0n) is 14.6. The van der Waals surface area contributed by atoms with Gasteiger partial charge >= 0.3 is 0 Å². The summed E-state index contributed by atoms with van der Waals surface area (Å²) in [5.41, 5.74) is 2.53. The van der Waals surface area contributed by atoms with Crippen molar-refractivity contribution in [2.24, 2.45) is 4.99 Å². The van der Waals surface area contributed by atoms with Crippen LogP contribution in [-0.2, 0) is 0 Å². The van der Waals surface area contributed by atoms with Crippen LogP contribution in [0.1, 0.15) is 35.3 Å². The van der Waals surface area contributed by atoms with Gasteiger partial charge in [0, 0.05) is 29.6 Å². The van der Waals surface area contributed by atoms with Crippen LogP contribution in [0.4, 0.5) is 10.2 Å². The first-order chi connectivity index (χ1) is 11.9. The number of benzene rings is 1. The molecule has 0 aliphatic rings. The third kappa shape index (κ3) is 4.56. The first kappa shape index (κ1) is 18.4. The summed E-state index contributed by atoms with van der Waals surface area (Å²) in [7, 11) is 0. The smallest absolute Gasteiger partial charge is 0.253 e. The molecule has 0 bridgehead atoms. The standard InChI is InChI=1S/C19H22FN3O2/c1-12(2)23-19(24)16-10-22-18(14(16)4)21-9-13(3)15-7-5-6-8-17(15)25-11-20/h5-10,12,22H,3,11H2,1-2,4H3,(H,23,24)/b21-9-. The minimum atomic E-state index is -0.911. The van der Waals surface area contributed by atoms with Gasteiger partial charge in [-0.1, -0.05) is 24.8 Å². The Kier molecular flexibility index (Phi) is 6.11. The molecule has 6 heteroatoms. The highest BCUT2D eigenvalue weighted by molar-refractivity contribution is 6.10. The number of alkyl halides is 1. The zero-order valence-corrected chi connectivity index (χ0v) is 14.6. The minimum Gasteiger partial charge on any atom is -0.462 e. The molecule has 1 aromatic heterocycles. The van der Waals surface area contributed by atoms with E-state index in [4.69, 9.17) is 4.74 Å². The molecule has 2 rings (SSSR count). The largest absolute Gasteiger partial charge is 0.462 e. The van der Waals surface area contributed by atoms with Gasteiger partial charge in [0.15, 0.2) is 0 Å². The first-order valence-electron chi connectivity index (χ1n) is 7.94. The molecule has 0 fully saturated rings. The van der Waals surface area contributed by atoms with Crippen LogP contribution in [0.5, 0.6) is 5.75 Å². The minimum absolute atomic E-state index is 0.0561. The Balaban J connectivity index is 2.19. The fraction of sp³-hybridized carbons (Fsp3) is 0.263. The van der Waals surface area contributed by atoms with Crippen LogP contribution in [0.15, 0.2) is 42.0 Å². The summed E-state index contributed by atoms with van der Waals surface area (Å²) >= 11 is 0. The van der Waals surface area contributed by atoms with Gasteiger partial charge < -0.3 is 15.0 Å². The van der Waals surface area contributed by atoms with Gasteiger partial charge in [0.05, 0.1) is 5.56 Å². The van der Waals surface area contributed by atoms with Gasteiger partial charge in [-0.3, -0.25) is 4.79 Å². The Hall–Kier alpha value is -2.89. The van der Waals surface area contributed by atoms with Crippen LogP contribution < -0.4 is 10.1 Å². The molecule has 132 valence electrons. The van der Waals surface area contributed by atoms with Crippen molar-refractivity contribution in [1.82, 2.24) is 10.3 Å². The summed E-state index contributed by atoms with van der Waals surface area (Å²) in [5.74, 6) is 0.825. The molecule has 25 heavy (non-hydrogen) atoms. The van der Waals surface area contributed by atoms with E-state index in [1.165, 1.54) is 0 Å². The maximum absolute atomic E-state index is 12.5. The molecule has 0 radical (unpaired) electrons. The molecule has 2 aromatic rings. The Labute approximate surface area is 146 Å². The number of H-pyrrole nitrogens is 1. The quantitative estimate of drug-likeness (QED) is 0.741. The van der Waals surface area contributed by atoms with Crippen molar-refractivity contribution < 1.29 is 13.9 Å². The number of hydrogen-bond donors (Lipinski definition) is 2. The normalized spacial score (nSPS) is 11.1. The third-order valence-electron chi connectivity index (χ3n) is 3.57. The number of ether oxygens (including phenoxy) is 1. The second-order valence-electron chi connectivity index (χ2n) is 5.84. The Morgan fingerprint density at radius 1 is 1.40 bits per heavy atom. The van der Waals surface area contributed by atoms with Crippen LogP contribution >= 0.6 is 0 Å². The number of aromatic nitrogens is 1. The van der Waals surface area contributed by atoms with E-state index in [0.717, 1.165) is 5.56 Å². The molecule has 0 atom stereocenters. The van der Waals surface area contributed by atoms with Gasteiger partial charge in [-0.25, -0.2) is 9.38 Å². The van der Waals surface area contributed by atoms with Crippen molar-refractivity contribution in [2.75, 3.05) is 6.86 Å². The van der Waals surface area contributed by atoms with Gasteiger partial charge in [-0.15, -0.1) is 0 Å². The lowest BCUT2D eigenvalue weighted by molar-refractivity contribution is 0.0942. The van der Waals surface area contributed by atoms with Crippen molar-refractivity contribution in [3.05, 3.63) is 53.7 Å². The first-order valence-corrected chi connectivity index (χ1v) is 7.94. The predicted molar refractivity (Wildman–Crippen MR) is 98.4 cm³/mol. The third-order valence-corrected chi connectivity index (χ3v) is 3.57. The summed E-state index contributed by atoms with van der Waals surface area (Å²) in [4.78, 5) is 19.5. The molecule has 0 saturated heterocycles. The Bertz CT molecular complexity index is 794. The molecular formula is C19H22FN3O2. The number of carbonyl (C=O) groups is 1. The molecule has 1 amide bonds. The van der Waals surface area contributed by atoms with E-state index < -0.39 is 6.86 Å². The van der Waals surface area contributed by atoms with E-state index in [1.807, 2.05) is 26.8 Å². The van der Waals surface area contributed by atoms with Crippen molar-refractivity contribution in [3.8, 4) is 5.75 Å². The van der Waals surface area contributed by atoms with E-state index in [2.05, 4.69) is 21.9 Å². The lowest BCUT2D eigenvalue weighted by Gasteiger charge is -2.08. The number of halogens is 1. The molecule has 2 N–H and O–H groups in total. The van der Waals surface area contributed by atoms with Gasteiger partial charge in [0.1, 0.15) is 11.6 Å². The molecule has 0 unspecified atom stereocenters. The molecule has 0 aliphatic heterocycles. The number of aromatic amines is 1. The number of carbonyl (C=O) groups excluding carboxylic acids is 1. The van der Waals surface area contributed by atoms with E-state index in [0.29, 0.717) is 28.3 Å². The van der Waals surface area contributed by atoms with Gasteiger partial charge in [0.2, 0.25) is 6.86 Å². The van der Waals surface area contributed by atoms with E-state index in [1.54, 1.807) is 30.6 Å². The fourth-order valence-corrected chi connectivity index (χ4v) is 2.32. The van der Waals surface area contributed by atoms with Crippen molar-refractivity contribution >= 4 is 23.5 Å². The fourth-order valence-electron chi connectivity index (χ4n) is 2.32. The SMILES string of the molecule is C=C(/C=N\c1[nH]cc(C(=O)NC(C)C)c1C)c1ccccc1OCF. The number of rotatable bonds is 7. The second kappa shape index (κ2) is 8.28. The van der Waals surface area contributed by atoms with Gasteiger partial charge in [0.25, 0.3) is 5.91 Å². The van der Waals surface area contributed by atoms with Crippen molar-refractivity contribution in [2.45, 2.75) is 26.8 Å². The Morgan fingerprint density at radius 3 is 2.80 bits per heavy atom. The van der Waals surface area contributed by atoms with E-state index >= 15 is 0 Å². The Morgan fingerprint density at radius 2 is 2.12 bits per heavy atom. The van der Waals surface area contributed by atoms with Crippen LogP contribution in [-0.4, -0.2) is 30.0 Å². The highest BCUT2D eigenvalue weighted by Crippen LogP contribution is 2.26. The summed E-state index contributed by atoms with van der Waals surface area (Å²) in [6.07, 6.45) is 3.19. The topological polar surface area (TPSA) is 66.5 Å². The maximum atomic E-state index is 12.5. The summed E-state index contributed by atoms with van der Waals surface area (Å²) in [6, 6.07) is 7.08. The number of amides is 1.